The summed E-state index contributed by atoms with van der Waals surface area (Å²) >= 11 is 0. The first-order valence-electron chi connectivity index (χ1n) is 6.68. The van der Waals surface area contributed by atoms with Gasteiger partial charge in [-0.2, -0.15) is 0 Å². The molecule has 0 unspecified atom stereocenters. The van der Waals surface area contributed by atoms with Crippen LogP contribution in [0.15, 0.2) is 18.2 Å². The number of ether oxygens (including phenoxy) is 2. The Labute approximate surface area is 110 Å². The summed E-state index contributed by atoms with van der Waals surface area (Å²) in [5, 5.41) is 0. The van der Waals surface area contributed by atoms with Crippen LogP contribution in [0.5, 0.6) is 11.5 Å². The topological polar surface area (TPSA) is 18.5 Å². The normalized spacial score (nSPS) is 9.83. The molecule has 0 aliphatic heterocycles. The van der Waals surface area contributed by atoms with Crippen LogP contribution in [0.2, 0.25) is 0 Å². The summed E-state index contributed by atoms with van der Waals surface area (Å²) in [6.07, 6.45) is 10.2. The maximum absolute atomic E-state index is 5.74. The molecule has 0 heterocycles. The van der Waals surface area contributed by atoms with Crippen molar-refractivity contribution in [2.45, 2.75) is 39.5 Å². The highest BCUT2D eigenvalue weighted by Gasteiger charge is 2.05. The Morgan fingerprint density at radius 3 is 2.56 bits per heavy atom. The third-order valence-corrected chi connectivity index (χ3v) is 2.67. The molecule has 0 radical (unpaired) electrons. The van der Waals surface area contributed by atoms with Gasteiger partial charge in [0.1, 0.15) is 0 Å². The van der Waals surface area contributed by atoms with Gasteiger partial charge in [0, 0.05) is 5.56 Å². The van der Waals surface area contributed by atoms with E-state index in [1.54, 1.807) is 0 Å². The van der Waals surface area contributed by atoms with Crippen molar-refractivity contribution in [3.63, 3.8) is 0 Å². The van der Waals surface area contributed by atoms with Gasteiger partial charge in [0.25, 0.3) is 0 Å². The van der Waals surface area contributed by atoms with Crippen molar-refractivity contribution < 1.29 is 9.47 Å². The first-order chi connectivity index (χ1) is 8.81. The number of hydrogen-bond acceptors (Lipinski definition) is 2. The molecule has 1 rings (SSSR count). The van der Waals surface area contributed by atoms with Gasteiger partial charge in [-0.15, -0.1) is 6.42 Å². The van der Waals surface area contributed by atoms with Gasteiger partial charge in [-0.25, -0.2) is 0 Å². The molecule has 1 aromatic rings. The standard InChI is InChI=1S/C16H22O2/c1-4-7-8-9-12-18-15-11-10-14(5-2)13-16(15)17-6-3/h2,10-11,13H,4,6-9,12H2,1,3H3. The Hall–Kier alpha value is -1.62. The summed E-state index contributed by atoms with van der Waals surface area (Å²) in [4.78, 5) is 0. The summed E-state index contributed by atoms with van der Waals surface area (Å²) in [5.41, 5.74) is 0.816. The molecule has 0 saturated heterocycles. The Balaban J connectivity index is 2.55. The van der Waals surface area contributed by atoms with Crippen LogP contribution in [0.3, 0.4) is 0 Å². The molecule has 0 aliphatic carbocycles. The van der Waals surface area contributed by atoms with E-state index >= 15 is 0 Å². The number of benzene rings is 1. The SMILES string of the molecule is C#Cc1ccc(OCCCCCC)c(OCC)c1. The lowest BCUT2D eigenvalue weighted by molar-refractivity contribution is 0.270. The van der Waals surface area contributed by atoms with Crippen LogP contribution in [0.1, 0.15) is 45.1 Å². The number of unbranched alkanes of at least 4 members (excludes halogenated alkanes) is 3. The average Bonchev–Trinajstić information content (AvgIpc) is 2.40. The lowest BCUT2D eigenvalue weighted by Gasteiger charge is -2.12. The Kier molecular flexibility index (Phi) is 6.79. The quantitative estimate of drug-likeness (QED) is 0.509. The summed E-state index contributed by atoms with van der Waals surface area (Å²) in [7, 11) is 0. The molecule has 0 amide bonds. The van der Waals surface area contributed by atoms with Gasteiger partial charge < -0.3 is 9.47 Å². The first kappa shape index (κ1) is 14.4. The Bertz CT molecular complexity index is 391. The van der Waals surface area contributed by atoms with Crippen LogP contribution in [0.25, 0.3) is 0 Å². The fourth-order valence-corrected chi connectivity index (χ4v) is 1.70. The van der Waals surface area contributed by atoms with Crippen molar-refractivity contribution in [2.75, 3.05) is 13.2 Å². The molecule has 0 fully saturated rings. The molecule has 18 heavy (non-hydrogen) atoms. The minimum Gasteiger partial charge on any atom is -0.490 e. The van der Waals surface area contributed by atoms with E-state index < -0.39 is 0 Å². The second-order valence-electron chi connectivity index (χ2n) is 4.15. The average molecular weight is 246 g/mol. The van der Waals surface area contributed by atoms with E-state index in [2.05, 4.69) is 12.8 Å². The smallest absolute Gasteiger partial charge is 0.162 e. The maximum atomic E-state index is 5.74. The third-order valence-electron chi connectivity index (χ3n) is 2.67. The van der Waals surface area contributed by atoms with Gasteiger partial charge >= 0.3 is 0 Å². The molecule has 0 bridgehead atoms. The monoisotopic (exact) mass is 246 g/mol. The summed E-state index contributed by atoms with van der Waals surface area (Å²) in [6.45, 7) is 5.50. The third kappa shape index (κ3) is 4.71. The minimum absolute atomic E-state index is 0.611. The van der Waals surface area contributed by atoms with Crippen molar-refractivity contribution in [2.24, 2.45) is 0 Å². The molecule has 0 saturated carbocycles. The van der Waals surface area contributed by atoms with Crippen molar-refractivity contribution in [1.82, 2.24) is 0 Å². The predicted octanol–water partition coefficient (Wildman–Crippen LogP) is 4.03. The molecule has 2 heteroatoms. The van der Waals surface area contributed by atoms with Gasteiger partial charge in [-0.3, -0.25) is 0 Å². The van der Waals surface area contributed by atoms with E-state index in [4.69, 9.17) is 15.9 Å². The molecule has 2 nitrogen and oxygen atoms in total. The maximum Gasteiger partial charge on any atom is 0.162 e. The lowest BCUT2D eigenvalue weighted by Crippen LogP contribution is -2.01. The fourth-order valence-electron chi connectivity index (χ4n) is 1.70. The molecule has 0 spiro atoms. The molecular weight excluding hydrogens is 224 g/mol. The Morgan fingerprint density at radius 1 is 1.06 bits per heavy atom. The molecule has 0 atom stereocenters. The van der Waals surface area contributed by atoms with E-state index in [1.807, 2.05) is 25.1 Å². The van der Waals surface area contributed by atoms with Gasteiger partial charge in [-0.05, 0) is 31.5 Å². The minimum atomic E-state index is 0.611. The number of hydrogen-bond donors (Lipinski definition) is 0. The zero-order valence-corrected chi connectivity index (χ0v) is 11.4. The van der Waals surface area contributed by atoms with E-state index in [1.165, 1.54) is 19.3 Å². The van der Waals surface area contributed by atoms with Crippen LogP contribution in [-0.4, -0.2) is 13.2 Å². The van der Waals surface area contributed by atoms with Crippen LogP contribution in [0.4, 0.5) is 0 Å². The summed E-state index contributed by atoms with van der Waals surface area (Å²) < 4.78 is 11.3. The van der Waals surface area contributed by atoms with Gasteiger partial charge in [0.15, 0.2) is 11.5 Å². The van der Waals surface area contributed by atoms with E-state index in [9.17, 15) is 0 Å². The van der Waals surface area contributed by atoms with Crippen molar-refractivity contribution in [3.8, 4) is 23.8 Å². The van der Waals surface area contributed by atoms with E-state index in [-0.39, 0.29) is 0 Å². The summed E-state index contributed by atoms with van der Waals surface area (Å²) in [6, 6.07) is 5.62. The fraction of sp³-hybridized carbons (Fsp3) is 0.500. The molecule has 0 N–H and O–H groups in total. The highest BCUT2D eigenvalue weighted by molar-refractivity contribution is 5.47. The predicted molar refractivity (Wildman–Crippen MR) is 75.2 cm³/mol. The second-order valence-corrected chi connectivity index (χ2v) is 4.15. The molecule has 0 aromatic heterocycles. The van der Waals surface area contributed by atoms with Crippen molar-refractivity contribution in [3.05, 3.63) is 23.8 Å². The zero-order chi connectivity index (χ0) is 13.2. The second kappa shape index (κ2) is 8.47. The molecule has 0 aliphatic rings. The van der Waals surface area contributed by atoms with E-state index in [0.29, 0.717) is 6.61 Å². The van der Waals surface area contributed by atoms with Crippen molar-refractivity contribution in [1.29, 1.82) is 0 Å². The first-order valence-corrected chi connectivity index (χ1v) is 6.68. The van der Waals surface area contributed by atoms with Crippen LogP contribution < -0.4 is 9.47 Å². The molecule has 1 aromatic carbocycles. The number of terminal acetylenes is 1. The molecule has 98 valence electrons. The highest BCUT2D eigenvalue weighted by atomic mass is 16.5. The zero-order valence-electron chi connectivity index (χ0n) is 11.4. The lowest BCUT2D eigenvalue weighted by atomic mass is 10.2. The van der Waals surface area contributed by atoms with E-state index in [0.717, 1.165) is 30.1 Å². The Morgan fingerprint density at radius 2 is 1.89 bits per heavy atom. The molecular formula is C16H22O2. The highest BCUT2D eigenvalue weighted by Crippen LogP contribution is 2.28. The van der Waals surface area contributed by atoms with Crippen LogP contribution in [0, 0.1) is 12.3 Å². The van der Waals surface area contributed by atoms with Crippen LogP contribution in [-0.2, 0) is 0 Å². The van der Waals surface area contributed by atoms with Gasteiger partial charge in [-0.1, -0.05) is 32.1 Å². The van der Waals surface area contributed by atoms with Crippen LogP contribution >= 0.6 is 0 Å². The van der Waals surface area contributed by atoms with Gasteiger partial charge in [0.05, 0.1) is 13.2 Å². The summed E-state index contributed by atoms with van der Waals surface area (Å²) in [5.74, 6) is 4.13. The van der Waals surface area contributed by atoms with Gasteiger partial charge in [0.2, 0.25) is 0 Å². The number of rotatable bonds is 8. The largest absolute Gasteiger partial charge is 0.490 e. The van der Waals surface area contributed by atoms with Crippen molar-refractivity contribution >= 4 is 0 Å².